The van der Waals surface area contributed by atoms with Crippen LogP contribution in [0.1, 0.15) is 18.1 Å². The summed E-state index contributed by atoms with van der Waals surface area (Å²) in [6.45, 7) is 6.50. The van der Waals surface area contributed by atoms with Crippen LogP contribution in [0.4, 0.5) is 0 Å². The van der Waals surface area contributed by atoms with Gasteiger partial charge in [0.1, 0.15) is 0 Å². The van der Waals surface area contributed by atoms with Crippen molar-refractivity contribution in [2.75, 3.05) is 0 Å². The van der Waals surface area contributed by atoms with Crippen LogP contribution >= 0.6 is 11.6 Å². The molecule has 0 saturated carbocycles. The molecule has 1 rings (SSSR count). The van der Waals surface area contributed by atoms with Gasteiger partial charge < -0.3 is 0 Å². The van der Waals surface area contributed by atoms with Crippen molar-refractivity contribution in [2.24, 2.45) is 5.16 Å². The first kappa shape index (κ1) is 13.7. The zero-order chi connectivity index (χ0) is 13.1. The van der Waals surface area contributed by atoms with E-state index >= 15 is 0 Å². The van der Waals surface area contributed by atoms with Crippen molar-refractivity contribution in [1.82, 2.24) is 0 Å². The standard InChI is InChI=1S/C11H12ClNO3S/c1-8(2)17(14,15)16-13-11(12)10-6-4-9(3)5-7-10/h4-7H,1H2,2-3H3/b13-11-. The fraction of sp³-hybridized carbons (Fsp3) is 0.182. The molecular formula is C11H12ClNO3S. The summed E-state index contributed by atoms with van der Waals surface area (Å²) >= 11 is 5.80. The van der Waals surface area contributed by atoms with Gasteiger partial charge in [0, 0.05) is 5.56 Å². The summed E-state index contributed by atoms with van der Waals surface area (Å²) in [6, 6.07) is 7.11. The number of oxime groups is 1. The van der Waals surface area contributed by atoms with E-state index in [0.29, 0.717) is 5.56 Å². The summed E-state index contributed by atoms with van der Waals surface area (Å²) in [6.07, 6.45) is 0. The topological polar surface area (TPSA) is 55.7 Å². The van der Waals surface area contributed by atoms with Gasteiger partial charge in [0.05, 0.1) is 4.91 Å². The molecule has 0 atom stereocenters. The summed E-state index contributed by atoms with van der Waals surface area (Å²) < 4.78 is 26.8. The Morgan fingerprint density at radius 3 is 2.35 bits per heavy atom. The Morgan fingerprint density at radius 2 is 1.88 bits per heavy atom. The van der Waals surface area contributed by atoms with Crippen molar-refractivity contribution >= 4 is 26.9 Å². The number of benzene rings is 1. The van der Waals surface area contributed by atoms with Gasteiger partial charge in [0.2, 0.25) is 0 Å². The highest BCUT2D eigenvalue weighted by Crippen LogP contribution is 2.11. The quantitative estimate of drug-likeness (QED) is 0.626. The number of hydrogen-bond donors (Lipinski definition) is 0. The fourth-order valence-electron chi connectivity index (χ4n) is 0.889. The SMILES string of the molecule is C=C(C)S(=O)(=O)O/N=C(\Cl)c1ccc(C)cc1. The molecule has 0 radical (unpaired) electrons. The normalized spacial score (nSPS) is 12.3. The first-order chi connectivity index (χ1) is 7.83. The van der Waals surface area contributed by atoms with Crippen LogP contribution in [0.3, 0.4) is 0 Å². The number of rotatable bonds is 4. The molecule has 0 saturated heterocycles. The Hall–Kier alpha value is -1.33. The molecule has 1 aromatic rings. The molecule has 6 heteroatoms. The lowest BCUT2D eigenvalue weighted by Crippen LogP contribution is -2.03. The molecule has 0 bridgehead atoms. The van der Waals surface area contributed by atoms with Crippen LogP contribution in [0.15, 0.2) is 40.9 Å². The van der Waals surface area contributed by atoms with Crippen LogP contribution in [0, 0.1) is 6.92 Å². The average Bonchev–Trinajstić information content (AvgIpc) is 2.27. The van der Waals surface area contributed by atoms with E-state index in [1.165, 1.54) is 6.92 Å². The molecule has 0 unspecified atom stereocenters. The third kappa shape index (κ3) is 3.87. The number of aryl methyl sites for hydroxylation is 1. The van der Waals surface area contributed by atoms with Crippen molar-refractivity contribution in [1.29, 1.82) is 0 Å². The van der Waals surface area contributed by atoms with Gasteiger partial charge in [-0.15, -0.1) is 0 Å². The summed E-state index contributed by atoms with van der Waals surface area (Å²) in [5, 5.41) is 3.32. The van der Waals surface area contributed by atoms with E-state index in [1.54, 1.807) is 12.1 Å². The lowest BCUT2D eigenvalue weighted by atomic mass is 10.2. The molecule has 0 N–H and O–H groups in total. The Morgan fingerprint density at radius 1 is 1.35 bits per heavy atom. The maximum atomic E-state index is 11.2. The van der Waals surface area contributed by atoms with E-state index in [1.807, 2.05) is 19.1 Å². The van der Waals surface area contributed by atoms with E-state index in [4.69, 9.17) is 11.6 Å². The highest BCUT2D eigenvalue weighted by molar-refractivity contribution is 7.90. The predicted molar refractivity (Wildman–Crippen MR) is 68.4 cm³/mol. The van der Waals surface area contributed by atoms with Gasteiger partial charge in [-0.05, 0) is 13.8 Å². The van der Waals surface area contributed by atoms with Crippen molar-refractivity contribution in [3.63, 3.8) is 0 Å². The summed E-state index contributed by atoms with van der Waals surface area (Å²) in [5.41, 5.74) is 1.64. The third-order valence-corrected chi connectivity index (χ3v) is 3.34. The van der Waals surface area contributed by atoms with E-state index in [-0.39, 0.29) is 10.1 Å². The number of allylic oxidation sites excluding steroid dienone is 1. The predicted octanol–water partition coefficient (Wildman–Crippen LogP) is 2.78. The Bertz CT molecular complexity index is 547. The number of nitrogens with zero attached hydrogens (tertiary/aromatic N) is 1. The molecule has 0 aliphatic rings. The van der Waals surface area contributed by atoms with Crippen LogP contribution in [-0.2, 0) is 14.4 Å². The van der Waals surface area contributed by atoms with Crippen LogP contribution in [0.2, 0.25) is 0 Å². The Labute approximate surface area is 106 Å². The maximum Gasteiger partial charge on any atom is 0.353 e. The minimum absolute atomic E-state index is 0.0326. The van der Waals surface area contributed by atoms with Gasteiger partial charge in [-0.1, -0.05) is 53.2 Å². The largest absolute Gasteiger partial charge is 0.353 e. The minimum Gasteiger partial charge on any atom is -0.263 e. The average molecular weight is 274 g/mol. The van der Waals surface area contributed by atoms with Gasteiger partial charge in [-0.3, -0.25) is 4.28 Å². The molecule has 0 heterocycles. The second kappa shape index (κ2) is 5.33. The van der Waals surface area contributed by atoms with Crippen molar-refractivity contribution < 1.29 is 12.7 Å². The molecular weight excluding hydrogens is 262 g/mol. The van der Waals surface area contributed by atoms with Gasteiger partial charge in [-0.25, -0.2) is 0 Å². The van der Waals surface area contributed by atoms with Crippen LogP contribution in [0.25, 0.3) is 0 Å². The summed E-state index contributed by atoms with van der Waals surface area (Å²) in [7, 11) is -3.88. The number of hydrogen-bond acceptors (Lipinski definition) is 4. The van der Waals surface area contributed by atoms with Crippen LogP contribution in [0.5, 0.6) is 0 Å². The molecule has 1 aromatic carbocycles. The molecule has 0 aliphatic heterocycles. The molecule has 0 spiro atoms. The lowest BCUT2D eigenvalue weighted by Gasteiger charge is -2.01. The molecule has 0 aromatic heterocycles. The number of halogens is 1. The molecule has 17 heavy (non-hydrogen) atoms. The molecule has 4 nitrogen and oxygen atoms in total. The molecule has 0 amide bonds. The van der Waals surface area contributed by atoms with Crippen molar-refractivity contribution in [3.8, 4) is 0 Å². The lowest BCUT2D eigenvalue weighted by molar-refractivity contribution is 0.345. The zero-order valence-electron chi connectivity index (χ0n) is 9.47. The fourth-order valence-corrected chi connectivity index (χ4v) is 1.39. The molecule has 0 aliphatic carbocycles. The molecule has 92 valence electrons. The van der Waals surface area contributed by atoms with Crippen molar-refractivity contribution in [2.45, 2.75) is 13.8 Å². The highest BCUT2D eigenvalue weighted by Gasteiger charge is 2.12. The van der Waals surface area contributed by atoms with Gasteiger partial charge in [-0.2, -0.15) is 8.42 Å². The first-order valence-corrected chi connectivity index (χ1v) is 6.51. The zero-order valence-corrected chi connectivity index (χ0v) is 11.0. The van der Waals surface area contributed by atoms with Gasteiger partial charge in [0.15, 0.2) is 5.17 Å². The van der Waals surface area contributed by atoms with Crippen LogP contribution in [-0.4, -0.2) is 13.6 Å². The van der Waals surface area contributed by atoms with E-state index in [0.717, 1.165) is 5.56 Å². The molecule has 0 fully saturated rings. The third-order valence-electron chi connectivity index (χ3n) is 1.93. The monoisotopic (exact) mass is 273 g/mol. The first-order valence-electron chi connectivity index (χ1n) is 4.72. The smallest absolute Gasteiger partial charge is 0.263 e. The highest BCUT2D eigenvalue weighted by atomic mass is 35.5. The second-order valence-electron chi connectivity index (χ2n) is 3.48. The van der Waals surface area contributed by atoms with Gasteiger partial charge in [0.25, 0.3) is 0 Å². The summed E-state index contributed by atoms with van der Waals surface area (Å²) in [4.78, 5) is -0.130. The van der Waals surface area contributed by atoms with E-state index in [2.05, 4.69) is 16.0 Å². The Balaban J connectivity index is 2.88. The maximum absolute atomic E-state index is 11.2. The van der Waals surface area contributed by atoms with E-state index < -0.39 is 10.1 Å². The summed E-state index contributed by atoms with van der Waals surface area (Å²) in [5.74, 6) is 0. The second-order valence-corrected chi connectivity index (χ2v) is 5.59. The minimum atomic E-state index is -3.88. The van der Waals surface area contributed by atoms with Crippen molar-refractivity contribution in [3.05, 3.63) is 46.9 Å². The Kier molecular flexibility index (Phi) is 4.31. The van der Waals surface area contributed by atoms with E-state index in [9.17, 15) is 8.42 Å². The van der Waals surface area contributed by atoms with Crippen LogP contribution < -0.4 is 0 Å². The van der Waals surface area contributed by atoms with Gasteiger partial charge >= 0.3 is 10.1 Å².